The van der Waals surface area contributed by atoms with Gasteiger partial charge in [0.15, 0.2) is 11.7 Å². The minimum Gasteiger partial charge on any atom is -0.394 e. The van der Waals surface area contributed by atoms with Gasteiger partial charge in [0.2, 0.25) is 5.95 Å². The summed E-state index contributed by atoms with van der Waals surface area (Å²) in [5.41, 5.74) is 6.81. The van der Waals surface area contributed by atoms with Crippen LogP contribution < -0.4 is 21.9 Å². The monoisotopic (exact) mass is 394 g/mol. The molecule has 2 aliphatic heterocycles. The number of aliphatic hydroxyl groups excluding tert-OH is 3. The van der Waals surface area contributed by atoms with Gasteiger partial charge in [-0.3, -0.25) is 4.57 Å². The van der Waals surface area contributed by atoms with Crippen molar-refractivity contribution in [2.24, 2.45) is 10.7 Å². The fourth-order valence-electron chi connectivity index (χ4n) is 3.37. The molecule has 1 saturated heterocycles. The van der Waals surface area contributed by atoms with E-state index in [1.54, 1.807) is 4.57 Å². The third-order valence-electron chi connectivity index (χ3n) is 4.93. The Labute approximate surface area is 163 Å². The van der Waals surface area contributed by atoms with Gasteiger partial charge < -0.3 is 36.0 Å². The van der Waals surface area contributed by atoms with Gasteiger partial charge in [-0.05, 0) is 13.3 Å². The quantitative estimate of drug-likeness (QED) is 0.337. The molecule has 1 fully saturated rings. The van der Waals surface area contributed by atoms with Crippen LogP contribution in [0.25, 0.3) is 5.82 Å². The summed E-state index contributed by atoms with van der Waals surface area (Å²) in [5, 5.41) is 33.6. The van der Waals surface area contributed by atoms with Crippen LogP contribution in [0.4, 0.5) is 5.95 Å². The molecule has 6 N–H and O–H groups in total. The maximum absolute atomic E-state index is 10.4. The third-order valence-corrected chi connectivity index (χ3v) is 4.93. The summed E-state index contributed by atoms with van der Waals surface area (Å²) in [6.07, 6.45) is 2.93. The number of allylic oxidation sites excluding steroid dienone is 1. The molecule has 3 rings (SSSR count). The van der Waals surface area contributed by atoms with Crippen molar-refractivity contribution in [1.82, 2.24) is 14.5 Å². The molecule has 0 amide bonds. The lowest BCUT2D eigenvalue weighted by Gasteiger charge is -2.22. The molecule has 1 aromatic heterocycles. The molecule has 0 aromatic carbocycles. The van der Waals surface area contributed by atoms with Crippen molar-refractivity contribution in [2.75, 3.05) is 25.1 Å². The summed E-state index contributed by atoms with van der Waals surface area (Å²) in [6.45, 7) is 4.56. The number of aromatic nitrogens is 2. The lowest BCUT2D eigenvalue weighted by Crippen LogP contribution is -2.45. The zero-order valence-electron chi connectivity index (χ0n) is 16.3. The van der Waals surface area contributed by atoms with E-state index in [4.69, 9.17) is 10.5 Å². The van der Waals surface area contributed by atoms with Crippen molar-refractivity contribution < 1.29 is 20.1 Å². The molecule has 0 unspecified atom stereocenters. The number of hydrogen-bond acceptors (Lipinski definition) is 9. The van der Waals surface area contributed by atoms with Crippen LogP contribution >= 0.6 is 0 Å². The molecule has 10 heteroatoms. The van der Waals surface area contributed by atoms with E-state index in [9.17, 15) is 15.3 Å². The molecule has 0 radical (unpaired) electrons. The molecule has 0 spiro atoms. The maximum Gasteiger partial charge on any atom is 0.207 e. The Morgan fingerprint density at radius 2 is 2.11 bits per heavy atom. The van der Waals surface area contributed by atoms with E-state index >= 15 is 0 Å². The van der Waals surface area contributed by atoms with Gasteiger partial charge >= 0.3 is 0 Å². The molecule has 0 saturated carbocycles. The van der Waals surface area contributed by atoms with E-state index in [1.807, 2.05) is 18.0 Å². The van der Waals surface area contributed by atoms with E-state index in [0.29, 0.717) is 35.8 Å². The average molecular weight is 394 g/mol. The Kier molecular flexibility index (Phi) is 6.55. The standard InChI is InChI=1S/C18H30N6O4/c1-3-5-6-7-8-23-10-21-16-12(15(23)19)22-18(20-4-2)24(16)17-14(27)13(26)11(9-25)28-17/h7-8,11,13-14,17,25-27H,3-6,9-10,19H2,1-2H3,(H,20,22)/b8-7+/t11-,13-,14-,17-/m1/s1. The minimum atomic E-state index is -1.23. The molecular weight excluding hydrogens is 364 g/mol. The Morgan fingerprint density at radius 1 is 1.32 bits per heavy atom. The van der Waals surface area contributed by atoms with Crippen LogP contribution in [0.1, 0.15) is 39.3 Å². The summed E-state index contributed by atoms with van der Waals surface area (Å²) < 4.78 is 7.29. The van der Waals surface area contributed by atoms with Crippen molar-refractivity contribution in [2.45, 2.75) is 57.6 Å². The van der Waals surface area contributed by atoms with Gasteiger partial charge in [-0.2, -0.15) is 0 Å². The van der Waals surface area contributed by atoms with Gasteiger partial charge in [0.25, 0.3) is 0 Å². The number of imidazole rings is 1. The van der Waals surface area contributed by atoms with Gasteiger partial charge in [-0.1, -0.05) is 25.8 Å². The average Bonchev–Trinajstić information content (AvgIpc) is 3.19. The Balaban J connectivity index is 2.00. The highest BCUT2D eigenvalue weighted by Crippen LogP contribution is 2.29. The van der Waals surface area contributed by atoms with Gasteiger partial charge in [0.05, 0.1) is 6.61 Å². The summed E-state index contributed by atoms with van der Waals surface area (Å²) in [4.78, 5) is 11.0. The smallest absolute Gasteiger partial charge is 0.207 e. The first-order valence-corrected chi connectivity index (χ1v) is 9.75. The molecular formula is C18H30N6O4. The molecule has 4 atom stereocenters. The third kappa shape index (κ3) is 3.72. The first-order chi connectivity index (χ1) is 13.5. The van der Waals surface area contributed by atoms with Crippen molar-refractivity contribution >= 4 is 11.8 Å². The minimum absolute atomic E-state index is 0.313. The Morgan fingerprint density at radius 3 is 2.75 bits per heavy atom. The van der Waals surface area contributed by atoms with Crippen LogP contribution in [0.15, 0.2) is 17.3 Å². The van der Waals surface area contributed by atoms with E-state index in [-0.39, 0.29) is 0 Å². The molecule has 28 heavy (non-hydrogen) atoms. The van der Waals surface area contributed by atoms with E-state index < -0.39 is 31.1 Å². The lowest BCUT2D eigenvalue weighted by atomic mass is 10.1. The number of ether oxygens (including phenoxy) is 1. The van der Waals surface area contributed by atoms with Gasteiger partial charge in [0, 0.05) is 12.7 Å². The molecule has 156 valence electrons. The highest BCUT2D eigenvalue weighted by molar-refractivity contribution is 5.41. The molecule has 10 nitrogen and oxygen atoms in total. The molecule has 0 aliphatic carbocycles. The second-order valence-electron chi connectivity index (χ2n) is 6.92. The van der Waals surface area contributed by atoms with Crippen molar-refractivity contribution in [3.63, 3.8) is 0 Å². The molecule has 1 aromatic rings. The highest BCUT2D eigenvalue weighted by atomic mass is 16.6. The van der Waals surface area contributed by atoms with E-state index in [0.717, 1.165) is 19.3 Å². The Hall–Kier alpha value is -2.14. The number of rotatable bonds is 8. The number of nitrogens with one attached hydrogen (secondary N) is 1. The van der Waals surface area contributed by atoms with E-state index in [2.05, 4.69) is 28.3 Å². The van der Waals surface area contributed by atoms with Gasteiger partial charge in [-0.25, -0.2) is 9.98 Å². The SMILES string of the molecule is CCCC/C=C/N1CN=c2c(nc(NCC)n2[C@@H]2O[C@H](CO)[C@@H](O)[C@H]2O)=C1N. The summed E-state index contributed by atoms with van der Waals surface area (Å²) >= 11 is 0. The van der Waals surface area contributed by atoms with Gasteiger partial charge in [0.1, 0.15) is 36.2 Å². The molecule has 3 heterocycles. The second-order valence-corrected chi connectivity index (χ2v) is 6.92. The van der Waals surface area contributed by atoms with Crippen LogP contribution in [0.2, 0.25) is 0 Å². The first-order valence-electron chi connectivity index (χ1n) is 9.75. The number of anilines is 1. The fraction of sp³-hybridized carbons (Fsp3) is 0.667. The highest BCUT2D eigenvalue weighted by Gasteiger charge is 2.44. The zero-order chi connectivity index (χ0) is 20.3. The van der Waals surface area contributed by atoms with Crippen LogP contribution in [-0.2, 0) is 4.74 Å². The summed E-state index contributed by atoms with van der Waals surface area (Å²) in [7, 11) is 0. The topological polar surface area (TPSA) is 141 Å². The predicted molar refractivity (Wildman–Crippen MR) is 103 cm³/mol. The number of fused-ring (bicyclic) bond motifs is 1. The van der Waals surface area contributed by atoms with Crippen LogP contribution in [0, 0.1) is 0 Å². The van der Waals surface area contributed by atoms with Crippen molar-refractivity contribution in [1.29, 1.82) is 0 Å². The Bertz CT molecular complexity index is 823. The normalized spacial score (nSPS) is 27.3. The fourth-order valence-corrected chi connectivity index (χ4v) is 3.37. The predicted octanol–water partition coefficient (Wildman–Crippen LogP) is -1.45. The van der Waals surface area contributed by atoms with Crippen LogP contribution in [0.3, 0.4) is 0 Å². The number of aliphatic hydroxyl groups is 3. The van der Waals surface area contributed by atoms with Crippen LogP contribution in [0.5, 0.6) is 0 Å². The summed E-state index contributed by atoms with van der Waals surface area (Å²) in [5.74, 6) is 0.897. The second kappa shape index (κ2) is 8.91. The maximum atomic E-state index is 10.4. The number of hydrogen-bond donors (Lipinski definition) is 5. The number of nitrogens with zero attached hydrogens (tertiary/aromatic N) is 4. The lowest BCUT2D eigenvalue weighted by molar-refractivity contribution is -0.0535. The first kappa shape index (κ1) is 20.6. The largest absolute Gasteiger partial charge is 0.394 e. The molecule has 0 bridgehead atoms. The van der Waals surface area contributed by atoms with Gasteiger partial charge in [-0.15, -0.1) is 0 Å². The van der Waals surface area contributed by atoms with E-state index in [1.165, 1.54) is 0 Å². The zero-order valence-corrected chi connectivity index (χ0v) is 16.3. The summed E-state index contributed by atoms with van der Waals surface area (Å²) in [6, 6.07) is 0. The van der Waals surface area contributed by atoms with Crippen LogP contribution in [-0.4, -0.2) is 67.9 Å². The van der Waals surface area contributed by atoms with Crippen molar-refractivity contribution in [3.8, 4) is 0 Å². The number of nitrogens with two attached hydrogens (primary N) is 1. The van der Waals surface area contributed by atoms with Crippen molar-refractivity contribution in [3.05, 3.63) is 23.1 Å². The number of unbranched alkanes of at least 4 members (excludes halogenated alkanes) is 2. The molecule has 2 aliphatic rings.